The molecule has 7 heteroatoms. The monoisotopic (exact) mass is 300 g/mol. The summed E-state index contributed by atoms with van der Waals surface area (Å²) in [7, 11) is 1.37. The Bertz CT molecular complexity index is 980. The van der Waals surface area contributed by atoms with E-state index in [1.807, 2.05) is 0 Å². The minimum Gasteiger partial charge on any atom is -0.393 e. The van der Waals surface area contributed by atoms with Crippen molar-refractivity contribution in [2.24, 2.45) is 14.0 Å². The molecular formula is C14H22N4O3. The lowest BCUT2D eigenvalue weighted by atomic mass is 10.2. The van der Waals surface area contributed by atoms with Crippen LogP contribution in [0, 0.1) is 6.92 Å². The Hall–Kier alpha value is -1.89. The van der Waals surface area contributed by atoms with E-state index in [0.29, 0.717) is 0 Å². The molecule has 2 rings (SSSR count). The van der Waals surface area contributed by atoms with Gasteiger partial charge in [-0.3, -0.25) is 13.9 Å². The third kappa shape index (κ3) is 2.78. The third-order valence-corrected chi connectivity index (χ3v) is 3.25. The van der Waals surface area contributed by atoms with Gasteiger partial charge in [0.2, 0.25) is 0 Å². The highest BCUT2D eigenvalue weighted by Crippen LogP contribution is 2.08. The fraction of sp³-hybridized carbons (Fsp3) is 0.643. The van der Waals surface area contributed by atoms with Crippen molar-refractivity contribution in [1.82, 2.24) is 18.7 Å². The Morgan fingerprint density at radius 3 is 2.76 bits per heavy atom. The molecule has 1 N–H and O–H groups in total. The highest BCUT2D eigenvalue weighted by atomic mass is 16.3. The number of aryl methyl sites for hydroxylation is 3. The largest absolute Gasteiger partial charge is 0.393 e. The predicted octanol–water partition coefficient (Wildman–Crippen LogP) is 0.293. The SMILES string of the molecule is [2H]C([2H])([2H])n1c(C)nc2c1c(=O)n(CCCC([2H])([2H])[C@@]([2H])(C)O)c(=O)n2C. The van der Waals surface area contributed by atoms with Crippen molar-refractivity contribution >= 4 is 11.2 Å². The summed E-state index contributed by atoms with van der Waals surface area (Å²) in [6.07, 6.45) is -4.86. The van der Waals surface area contributed by atoms with Crippen LogP contribution in [-0.2, 0) is 20.6 Å². The summed E-state index contributed by atoms with van der Waals surface area (Å²) >= 11 is 0. The molecule has 0 bridgehead atoms. The molecule has 116 valence electrons. The van der Waals surface area contributed by atoms with Gasteiger partial charge in [-0.1, -0.05) is 0 Å². The normalized spacial score (nSPS) is 20.0. The second-order valence-corrected chi connectivity index (χ2v) is 4.83. The Labute approximate surface area is 130 Å². The van der Waals surface area contributed by atoms with Gasteiger partial charge in [0.1, 0.15) is 5.82 Å². The molecule has 0 radical (unpaired) electrons. The summed E-state index contributed by atoms with van der Waals surface area (Å²) < 4.78 is 48.4. The van der Waals surface area contributed by atoms with E-state index in [4.69, 9.17) is 8.22 Å². The van der Waals surface area contributed by atoms with Gasteiger partial charge >= 0.3 is 5.69 Å². The van der Waals surface area contributed by atoms with Crippen LogP contribution in [-0.4, -0.2) is 29.9 Å². The first-order valence-corrected chi connectivity index (χ1v) is 6.51. The van der Waals surface area contributed by atoms with Gasteiger partial charge in [0.15, 0.2) is 11.2 Å². The minimum atomic E-state index is -2.66. The van der Waals surface area contributed by atoms with Gasteiger partial charge in [0.05, 0.1) is 7.45 Å². The Morgan fingerprint density at radius 1 is 1.43 bits per heavy atom. The fourth-order valence-corrected chi connectivity index (χ4v) is 2.13. The van der Waals surface area contributed by atoms with Gasteiger partial charge in [0.25, 0.3) is 5.56 Å². The molecule has 0 aliphatic carbocycles. The summed E-state index contributed by atoms with van der Waals surface area (Å²) in [5, 5.41) is 9.55. The summed E-state index contributed by atoms with van der Waals surface area (Å²) in [4.78, 5) is 29.3. The molecule has 2 heterocycles. The van der Waals surface area contributed by atoms with Crippen LogP contribution < -0.4 is 11.2 Å². The van der Waals surface area contributed by atoms with Crippen LogP contribution in [0.2, 0.25) is 0 Å². The van der Waals surface area contributed by atoms with Crippen molar-refractivity contribution in [2.75, 3.05) is 0 Å². The molecule has 0 aromatic carbocycles. The number of aromatic nitrogens is 4. The van der Waals surface area contributed by atoms with Crippen molar-refractivity contribution in [3.05, 3.63) is 26.7 Å². The van der Waals surface area contributed by atoms with Crippen molar-refractivity contribution in [3.8, 4) is 0 Å². The lowest BCUT2D eigenvalue weighted by Crippen LogP contribution is -2.39. The molecule has 0 aliphatic rings. The minimum absolute atomic E-state index is 0.0103. The van der Waals surface area contributed by atoms with E-state index < -0.39 is 30.7 Å². The average Bonchev–Trinajstić information content (AvgIpc) is 2.85. The van der Waals surface area contributed by atoms with Crippen LogP contribution in [0.25, 0.3) is 11.2 Å². The zero-order chi connectivity index (χ0) is 20.9. The lowest BCUT2D eigenvalue weighted by Gasteiger charge is -2.09. The van der Waals surface area contributed by atoms with Gasteiger partial charge in [-0.2, -0.15) is 0 Å². The van der Waals surface area contributed by atoms with Gasteiger partial charge < -0.3 is 9.67 Å². The molecule has 2 aromatic heterocycles. The fourth-order valence-electron chi connectivity index (χ4n) is 2.13. The molecular weight excluding hydrogens is 272 g/mol. The lowest BCUT2D eigenvalue weighted by molar-refractivity contribution is 0.180. The van der Waals surface area contributed by atoms with Gasteiger partial charge in [0, 0.05) is 27.4 Å². The predicted molar refractivity (Wildman–Crippen MR) is 80.5 cm³/mol. The van der Waals surface area contributed by atoms with Crippen LogP contribution in [0.4, 0.5) is 0 Å². The van der Waals surface area contributed by atoms with E-state index in [1.165, 1.54) is 14.0 Å². The van der Waals surface area contributed by atoms with Crippen molar-refractivity contribution in [3.63, 3.8) is 0 Å². The molecule has 0 amide bonds. The molecule has 2 aromatic rings. The van der Waals surface area contributed by atoms with E-state index in [2.05, 4.69) is 4.98 Å². The molecule has 0 saturated carbocycles. The highest BCUT2D eigenvalue weighted by Gasteiger charge is 2.16. The molecule has 21 heavy (non-hydrogen) atoms. The van der Waals surface area contributed by atoms with Crippen LogP contribution in [0.15, 0.2) is 9.59 Å². The zero-order valence-electron chi connectivity index (χ0n) is 18.2. The van der Waals surface area contributed by atoms with E-state index >= 15 is 0 Å². The van der Waals surface area contributed by atoms with Crippen molar-refractivity contribution in [2.45, 2.75) is 45.7 Å². The average molecular weight is 300 g/mol. The topological polar surface area (TPSA) is 82.1 Å². The third-order valence-electron chi connectivity index (χ3n) is 3.25. The molecule has 1 atom stereocenters. The van der Waals surface area contributed by atoms with Gasteiger partial charge in [-0.25, -0.2) is 9.78 Å². The zero-order valence-corrected chi connectivity index (χ0v) is 12.2. The molecule has 7 nitrogen and oxygen atoms in total. The second-order valence-electron chi connectivity index (χ2n) is 4.83. The maximum absolute atomic E-state index is 12.8. The highest BCUT2D eigenvalue weighted by molar-refractivity contribution is 5.70. The van der Waals surface area contributed by atoms with E-state index in [0.717, 1.165) is 20.6 Å². The smallest absolute Gasteiger partial charge is 0.332 e. The van der Waals surface area contributed by atoms with Crippen LogP contribution in [0.5, 0.6) is 0 Å². The van der Waals surface area contributed by atoms with Crippen LogP contribution in [0.3, 0.4) is 0 Å². The Kier molecular flexibility index (Phi) is 2.56. The summed E-state index contributed by atoms with van der Waals surface area (Å²) in [6, 6.07) is 0. The molecule has 0 spiro atoms. The van der Waals surface area contributed by atoms with E-state index in [9.17, 15) is 14.7 Å². The summed E-state index contributed by atoms with van der Waals surface area (Å²) in [6.45, 7) is -0.412. The van der Waals surface area contributed by atoms with Crippen LogP contribution >= 0.6 is 0 Å². The van der Waals surface area contributed by atoms with E-state index in [-0.39, 0.29) is 36.4 Å². The Morgan fingerprint density at radius 2 is 2.14 bits per heavy atom. The van der Waals surface area contributed by atoms with Crippen LogP contribution in [0.1, 0.15) is 40.2 Å². The standard InChI is InChI=1S/C14H22N4O3/c1-9(19)7-5-6-8-18-13(20)11-12(17(4)14(18)21)15-10(2)16(11)3/h9,19H,5-8H2,1-4H3/t9-/m1/s1/i3D3,7D2,9D. The number of imidazole rings is 1. The number of fused-ring (bicyclic) bond motifs is 1. The molecule has 0 aliphatic heterocycles. The first-order valence-electron chi connectivity index (χ1n) is 9.51. The maximum atomic E-state index is 12.8. The van der Waals surface area contributed by atoms with E-state index in [1.54, 1.807) is 0 Å². The number of nitrogens with zero attached hydrogens (tertiary/aromatic N) is 4. The second kappa shape index (κ2) is 5.85. The number of hydrogen-bond acceptors (Lipinski definition) is 4. The molecule has 0 unspecified atom stereocenters. The first kappa shape index (κ1) is 9.19. The number of rotatable bonds is 5. The summed E-state index contributed by atoms with van der Waals surface area (Å²) in [5.74, 6) is 0.0661. The Balaban J connectivity index is 2.53. The van der Waals surface area contributed by atoms with Crippen molar-refractivity contribution < 1.29 is 13.3 Å². The molecule has 0 saturated heterocycles. The molecule has 0 fully saturated rings. The number of aliphatic hydroxyl groups is 1. The quantitative estimate of drug-likeness (QED) is 0.860. The van der Waals surface area contributed by atoms with Gasteiger partial charge in [-0.05, 0) is 33.1 Å². The maximum Gasteiger partial charge on any atom is 0.332 e. The van der Waals surface area contributed by atoms with Crippen molar-refractivity contribution in [1.29, 1.82) is 0 Å². The first-order chi connectivity index (χ1) is 12.1. The summed E-state index contributed by atoms with van der Waals surface area (Å²) in [5.41, 5.74) is -1.81. The van der Waals surface area contributed by atoms with Gasteiger partial charge in [-0.15, -0.1) is 0 Å². The number of hydrogen-bond donors (Lipinski definition) is 1.